The molecule has 0 radical (unpaired) electrons. The van der Waals surface area contributed by atoms with E-state index < -0.39 is 11.7 Å². The van der Waals surface area contributed by atoms with Gasteiger partial charge < -0.3 is 20.1 Å². The monoisotopic (exact) mass is 350 g/mol. The van der Waals surface area contributed by atoms with Gasteiger partial charge in [0.15, 0.2) is 0 Å². The maximum atomic E-state index is 11.2. The summed E-state index contributed by atoms with van der Waals surface area (Å²) in [4.78, 5) is 0. The van der Waals surface area contributed by atoms with Crippen LogP contribution in [0.2, 0.25) is 0 Å². The van der Waals surface area contributed by atoms with Gasteiger partial charge in [0.1, 0.15) is 5.60 Å². The van der Waals surface area contributed by atoms with E-state index in [-0.39, 0.29) is 29.8 Å². The zero-order valence-electron chi connectivity index (χ0n) is 16.1. The van der Waals surface area contributed by atoms with Gasteiger partial charge in [0.2, 0.25) is 0 Å². The van der Waals surface area contributed by atoms with Crippen molar-refractivity contribution in [3.05, 3.63) is 22.8 Å². The number of fused-ring (bicyclic) bond motifs is 2. The average Bonchev–Trinajstić information content (AvgIpc) is 3.05. The van der Waals surface area contributed by atoms with E-state index in [1.807, 2.05) is 0 Å². The number of rotatable bonds is 4. The van der Waals surface area contributed by atoms with Crippen LogP contribution in [0.3, 0.4) is 0 Å². The van der Waals surface area contributed by atoms with Gasteiger partial charge >= 0.3 is 0 Å². The summed E-state index contributed by atoms with van der Waals surface area (Å²) in [5.74, 6) is 0.461. The quantitative estimate of drug-likeness (QED) is 0.682. The highest BCUT2D eigenvalue weighted by atomic mass is 16.5. The van der Waals surface area contributed by atoms with Crippen LogP contribution < -0.4 is 0 Å². The van der Waals surface area contributed by atoms with Crippen molar-refractivity contribution in [2.24, 2.45) is 23.2 Å². The van der Waals surface area contributed by atoms with Gasteiger partial charge in [-0.05, 0) is 49.5 Å². The fourth-order valence-electron chi connectivity index (χ4n) is 5.47. The predicted octanol–water partition coefficient (Wildman–Crippen LogP) is 2.83. The van der Waals surface area contributed by atoms with E-state index in [9.17, 15) is 15.3 Å². The Morgan fingerprint density at radius 2 is 2.08 bits per heavy atom. The standard InChI is InChI=1S/C21H34O4/c1-13(11-22)15-5-7-20(3)10-18-16(6-8-21(18,24)12-25-4)14(2)19(23)9-17(15)20/h10,13-14,16,19,22-24H,5-9,11-12H2,1-4H3/b18-10+/t13?,14?,16?,19-,20?,21-/m0/s1. The van der Waals surface area contributed by atoms with Crippen LogP contribution in [0.1, 0.15) is 52.9 Å². The van der Waals surface area contributed by atoms with Crippen molar-refractivity contribution in [3.63, 3.8) is 0 Å². The second-order valence-electron chi connectivity index (χ2n) is 8.84. The van der Waals surface area contributed by atoms with Crippen LogP contribution in [0.5, 0.6) is 0 Å². The number of methoxy groups -OCH3 is 1. The van der Waals surface area contributed by atoms with E-state index in [0.717, 1.165) is 24.8 Å². The van der Waals surface area contributed by atoms with Crippen molar-refractivity contribution in [2.75, 3.05) is 20.3 Å². The molecule has 3 aliphatic carbocycles. The SMILES string of the molecule is COC[C@@]1(O)CCC2/C1=C\C1(C)CCC(C(C)CO)=C1C[C@H](O)C2C. The summed E-state index contributed by atoms with van der Waals surface area (Å²) in [5.41, 5.74) is 2.60. The topological polar surface area (TPSA) is 69.9 Å². The van der Waals surface area contributed by atoms with Crippen LogP contribution in [-0.2, 0) is 4.74 Å². The Morgan fingerprint density at radius 3 is 2.72 bits per heavy atom. The van der Waals surface area contributed by atoms with Crippen molar-refractivity contribution < 1.29 is 20.1 Å². The lowest BCUT2D eigenvalue weighted by atomic mass is 9.69. The van der Waals surface area contributed by atoms with Gasteiger partial charge in [0.25, 0.3) is 0 Å². The van der Waals surface area contributed by atoms with Crippen molar-refractivity contribution in [1.82, 2.24) is 0 Å². The molecule has 0 aromatic heterocycles. The van der Waals surface area contributed by atoms with Gasteiger partial charge in [-0.2, -0.15) is 0 Å². The summed E-state index contributed by atoms with van der Waals surface area (Å²) in [6, 6.07) is 0. The molecule has 4 unspecified atom stereocenters. The highest BCUT2D eigenvalue weighted by Gasteiger charge is 2.50. The minimum absolute atomic E-state index is 0.112. The molecule has 0 amide bonds. The summed E-state index contributed by atoms with van der Waals surface area (Å²) in [5, 5.41) is 31.8. The van der Waals surface area contributed by atoms with Gasteiger partial charge in [0.05, 0.1) is 12.7 Å². The van der Waals surface area contributed by atoms with Crippen molar-refractivity contribution in [1.29, 1.82) is 0 Å². The Labute approximate surface area is 151 Å². The lowest BCUT2D eigenvalue weighted by Crippen LogP contribution is -2.38. The lowest BCUT2D eigenvalue weighted by molar-refractivity contribution is -0.00114. The molecule has 0 aromatic rings. The fourth-order valence-corrected chi connectivity index (χ4v) is 5.47. The molecule has 0 heterocycles. The molecule has 142 valence electrons. The maximum Gasteiger partial charge on any atom is 0.109 e. The Hall–Kier alpha value is -0.680. The molecule has 0 saturated heterocycles. The average molecular weight is 350 g/mol. The molecular weight excluding hydrogens is 316 g/mol. The molecule has 3 rings (SSSR count). The third-order valence-electron chi connectivity index (χ3n) is 7.18. The second-order valence-corrected chi connectivity index (χ2v) is 8.84. The van der Waals surface area contributed by atoms with E-state index in [1.165, 1.54) is 11.1 Å². The van der Waals surface area contributed by atoms with E-state index in [1.54, 1.807) is 7.11 Å². The maximum absolute atomic E-state index is 11.2. The number of aliphatic hydroxyl groups excluding tert-OH is 2. The summed E-state index contributed by atoms with van der Waals surface area (Å²) in [7, 11) is 1.64. The third kappa shape index (κ3) is 3.12. The lowest BCUT2D eigenvalue weighted by Gasteiger charge is -2.38. The Balaban J connectivity index is 2.11. The molecule has 25 heavy (non-hydrogen) atoms. The second kappa shape index (κ2) is 6.80. The molecule has 0 spiro atoms. The van der Waals surface area contributed by atoms with Gasteiger partial charge in [-0.25, -0.2) is 0 Å². The number of hydrogen-bond donors (Lipinski definition) is 3. The Bertz CT molecular complexity index is 580. The molecule has 1 fully saturated rings. The first-order valence-electron chi connectivity index (χ1n) is 9.71. The van der Waals surface area contributed by atoms with Crippen molar-refractivity contribution in [3.8, 4) is 0 Å². The first-order valence-corrected chi connectivity index (χ1v) is 9.71. The van der Waals surface area contributed by atoms with Gasteiger partial charge in [-0.1, -0.05) is 38.0 Å². The molecule has 3 aliphatic rings. The molecule has 3 N–H and O–H groups in total. The molecule has 0 aromatic carbocycles. The first kappa shape index (κ1) is 19.1. The predicted molar refractivity (Wildman–Crippen MR) is 98.0 cm³/mol. The molecular formula is C21H34O4. The molecule has 6 atom stereocenters. The zero-order chi connectivity index (χ0) is 18.4. The van der Waals surface area contributed by atoms with E-state index >= 15 is 0 Å². The van der Waals surface area contributed by atoms with Crippen molar-refractivity contribution in [2.45, 2.75) is 64.6 Å². The highest BCUT2D eigenvalue weighted by Crippen LogP contribution is 2.55. The summed E-state index contributed by atoms with van der Waals surface area (Å²) >= 11 is 0. The minimum Gasteiger partial charge on any atom is -0.396 e. The number of ether oxygens (including phenoxy) is 1. The highest BCUT2D eigenvalue weighted by molar-refractivity contribution is 5.40. The Kier molecular flexibility index (Phi) is 5.20. The van der Waals surface area contributed by atoms with Crippen molar-refractivity contribution >= 4 is 0 Å². The fraction of sp³-hybridized carbons (Fsp3) is 0.810. The number of allylic oxidation sites excluding steroid dienone is 1. The largest absolute Gasteiger partial charge is 0.396 e. The molecule has 0 bridgehead atoms. The smallest absolute Gasteiger partial charge is 0.109 e. The first-order chi connectivity index (χ1) is 11.8. The van der Waals surface area contributed by atoms with Crippen LogP contribution in [-0.4, -0.2) is 47.3 Å². The number of hydrogen-bond acceptors (Lipinski definition) is 4. The van der Waals surface area contributed by atoms with Gasteiger partial charge in [-0.3, -0.25) is 0 Å². The van der Waals surface area contributed by atoms with E-state index in [2.05, 4.69) is 26.8 Å². The molecule has 4 heteroatoms. The van der Waals surface area contributed by atoms with Gasteiger partial charge in [-0.15, -0.1) is 0 Å². The summed E-state index contributed by atoms with van der Waals surface area (Å²) in [6.45, 7) is 6.86. The summed E-state index contributed by atoms with van der Waals surface area (Å²) < 4.78 is 5.33. The normalized spacial score (nSPS) is 44.6. The third-order valence-corrected chi connectivity index (χ3v) is 7.18. The molecule has 1 saturated carbocycles. The Morgan fingerprint density at radius 1 is 1.36 bits per heavy atom. The van der Waals surface area contributed by atoms with Crippen LogP contribution in [0.15, 0.2) is 22.8 Å². The van der Waals surface area contributed by atoms with Gasteiger partial charge in [0, 0.05) is 25.0 Å². The van der Waals surface area contributed by atoms with E-state index in [0.29, 0.717) is 19.4 Å². The van der Waals surface area contributed by atoms with Crippen LogP contribution in [0.25, 0.3) is 0 Å². The molecule has 4 nitrogen and oxygen atoms in total. The number of aliphatic hydroxyl groups is 3. The molecule has 0 aliphatic heterocycles. The van der Waals surface area contributed by atoms with Crippen LogP contribution in [0, 0.1) is 23.2 Å². The van der Waals surface area contributed by atoms with Crippen LogP contribution >= 0.6 is 0 Å². The summed E-state index contributed by atoms with van der Waals surface area (Å²) in [6.07, 6.45) is 6.13. The van der Waals surface area contributed by atoms with E-state index in [4.69, 9.17) is 4.74 Å². The van der Waals surface area contributed by atoms with Crippen LogP contribution in [0.4, 0.5) is 0 Å². The zero-order valence-corrected chi connectivity index (χ0v) is 16.1. The minimum atomic E-state index is -0.912.